The van der Waals surface area contributed by atoms with E-state index in [0.717, 1.165) is 42.9 Å². The van der Waals surface area contributed by atoms with Gasteiger partial charge < -0.3 is 31.5 Å². The fourth-order valence-electron chi connectivity index (χ4n) is 7.75. The lowest BCUT2D eigenvalue weighted by Crippen LogP contribution is -2.64. The van der Waals surface area contributed by atoms with Gasteiger partial charge in [0.25, 0.3) is 5.91 Å². The van der Waals surface area contributed by atoms with Crippen LogP contribution in [0, 0.1) is 5.92 Å². The summed E-state index contributed by atoms with van der Waals surface area (Å²) in [5.74, 6) is -1.14. The lowest BCUT2D eigenvalue weighted by Gasteiger charge is -2.36. The number of aliphatic hydroxyl groups is 2. The van der Waals surface area contributed by atoms with Crippen LogP contribution in [0.15, 0.2) is 48.7 Å². The maximum Gasteiger partial charge on any atom is 0.251 e. The van der Waals surface area contributed by atoms with Crippen LogP contribution < -0.4 is 16.4 Å². The van der Waals surface area contributed by atoms with E-state index in [0.29, 0.717) is 29.9 Å². The van der Waals surface area contributed by atoms with Gasteiger partial charge in [-0.3, -0.25) is 19.2 Å². The minimum atomic E-state index is -1.61. The molecular weight excluding hydrogens is 659 g/mol. The predicted octanol–water partition coefficient (Wildman–Crippen LogP) is 2.41. The highest BCUT2D eigenvalue weighted by Gasteiger charge is 2.50. The summed E-state index contributed by atoms with van der Waals surface area (Å²) in [5, 5.41) is 37.8. The molecule has 2 saturated heterocycles. The first kappa shape index (κ1) is 35.8. The number of rotatable bonds is 11. The van der Waals surface area contributed by atoms with E-state index in [9.17, 15) is 29.4 Å². The maximum atomic E-state index is 14.8. The van der Waals surface area contributed by atoms with Gasteiger partial charge in [0.2, 0.25) is 17.7 Å². The topological polar surface area (TPSA) is 193 Å². The minimum absolute atomic E-state index is 0.0660. The average molecular weight is 706 g/mol. The van der Waals surface area contributed by atoms with Crippen LogP contribution in [0.25, 0.3) is 10.8 Å². The summed E-state index contributed by atoms with van der Waals surface area (Å²) < 4.78 is 1.55. The maximum absolute atomic E-state index is 14.8. The van der Waals surface area contributed by atoms with Gasteiger partial charge in [-0.05, 0) is 61.3 Å². The second kappa shape index (κ2) is 14.7. The molecule has 1 aromatic heterocycles. The van der Waals surface area contributed by atoms with Crippen LogP contribution in [0.1, 0.15) is 87.3 Å². The van der Waals surface area contributed by atoms with Gasteiger partial charge in [-0.25, -0.2) is 4.68 Å². The van der Waals surface area contributed by atoms with Gasteiger partial charge in [0.15, 0.2) is 6.10 Å². The van der Waals surface area contributed by atoms with Crippen LogP contribution in [0.4, 0.5) is 0 Å². The van der Waals surface area contributed by atoms with Crippen LogP contribution in [-0.4, -0.2) is 95.5 Å². The Morgan fingerprint density at radius 3 is 2.52 bits per heavy atom. The number of carbonyl (C=O) groups is 4. The Morgan fingerprint density at radius 1 is 1.10 bits per heavy atom. The Bertz CT molecular complexity index is 1730. The van der Waals surface area contributed by atoms with Gasteiger partial charge in [-0.2, -0.15) is 11.8 Å². The van der Waals surface area contributed by atoms with E-state index < -0.39 is 53.1 Å². The van der Waals surface area contributed by atoms with Gasteiger partial charge in [-0.15, -0.1) is 5.10 Å². The number of likely N-dealkylation sites (tertiary alicyclic amines) is 1. The normalized spacial score (nSPS) is 24.2. The van der Waals surface area contributed by atoms with Crippen molar-refractivity contribution < 1.29 is 29.4 Å². The summed E-state index contributed by atoms with van der Waals surface area (Å²) in [4.78, 5) is 56.5. The molecule has 2 aromatic carbocycles. The summed E-state index contributed by atoms with van der Waals surface area (Å²) >= 11 is 1.49. The van der Waals surface area contributed by atoms with Crippen molar-refractivity contribution in [3.63, 3.8) is 0 Å². The molecule has 3 unspecified atom stereocenters. The van der Waals surface area contributed by atoms with E-state index in [4.69, 9.17) is 5.73 Å². The number of fused-ring (bicyclic) bond motifs is 1. The molecule has 268 valence electrons. The number of aromatic nitrogens is 3. The van der Waals surface area contributed by atoms with E-state index in [1.165, 1.54) is 22.9 Å². The summed E-state index contributed by atoms with van der Waals surface area (Å²) in [5.41, 5.74) is 3.78. The number of aliphatic hydroxyl groups excluding tert-OH is 1. The second-order valence-electron chi connectivity index (χ2n) is 14.6. The van der Waals surface area contributed by atoms with Crippen molar-refractivity contribution in [1.29, 1.82) is 0 Å². The third-order valence-electron chi connectivity index (χ3n) is 10.5. The van der Waals surface area contributed by atoms with Gasteiger partial charge >= 0.3 is 0 Å². The zero-order valence-electron chi connectivity index (χ0n) is 28.6. The number of thioether (sulfide) groups is 1. The highest BCUT2D eigenvalue weighted by Crippen LogP contribution is 2.36. The zero-order chi connectivity index (χ0) is 35.6. The van der Waals surface area contributed by atoms with Crippen molar-refractivity contribution in [2.24, 2.45) is 11.7 Å². The van der Waals surface area contributed by atoms with Gasteiger partial charge in [0.1, 0.15) is 17.7 Å². The molecule has 6 rings (SSSR count). The fraction of sp³-hybridized carbons (Fsp3) is 0.556. The first-order valence-electron chi connectivity index (χ1n) is 17.5. The number of primary amides is 1. The average Bonchev–Trinajstić information content (AvgIpc) is 3.88. The lowest BCUT2D eigenvalue weighted by molar-refractivity contribution is -0.142. The molecule has 0 spiro atoms. The van der Waals surface area contributed by atoms with Crippen LogP contribution in [0.5, 0.6) is 0 Å². The minimum Gasteiger partial charge on any atom is -0.384 e. The molecule has 1 aliphatic carbocycles. The standard InChI is InChI=1S/C36H47N7O6S/c1-35(2,49)29-19-38-41-43(29)26-18-28(33(47)40-36(14-15-50-21-36)30(44)31(37)45)42(20-26)34(48)27(16-22-8-4-3-5-9-22)39-32(46)25-13-12-23-10-6-7-11-24(23)17-25/h6-7,10-13,17,19,22,26-28,30,44,49H,3-5,8-9,14-16,18,20-21H2,1-2H3,(H2,37,45)(H,39,46)(H,40,47)/t26-,27?,28-,30?,36?/m0/s1. The Hall–Kier alpha value is -4.01. The Balaban J connectivity index is 1.32. The molecule has 3 heterocycles. The van der Waals surface area contributed by atoms with Crippen molar-refractivity contribution in [3.05, 3.63) is 59.9 Å². The van der Waals surface area contributed by atoms with Gasteiger partial charge in [0.05, 0.1) is 23.5 Å². The largest absolute Gasteiger partial charge is 0.384 e. The summed E-state index contributed by atoms with van der Waals surface area (Å²) in [6.07, 6.45) is 5.86. The quantitative estimate of drug-likeness (QED) is 0.199. The molecule has 3 fully saturated rings. The fourth-order valence-corrected chi connectivity index (χ4v) is 9.14. The van der Waals surface area contributed by atoms with E-state index in [2.05, 4.69) is 20.9 Å². The molecule has 14 heteroatoms. The summed E-state index contributed by atoms with van der Waals surface area (Å²) in [7, 11) is 0. The zero-order valence-corrected chi connectivity index (χ0v) is 29.4. The molecule has 0 radical (unpaired) electrons. The molecule has 4 amide bonds. The van der Waals surface area contributed by atoms with Crippen molar-refractivity contribution >= 4 is 46.2 Å². The SMILES string of the molecule is CC(C)(O)c1cnnn1[C@H]1C[C@@H](C(=O)NC2(C(O)C(N)=O)CCSC2)N(C(=O)C(CC2CCCCC2)NC(=O)c2ccc3ccccc3c2)C1. The number of amides is 4. The van der Waals surface area contributed by atoms with Gasteiger partial charge in [0, 0.05) is 24.3 Å². The third kappa shape index (κ3) is 7.52. The van der Waals surface area contributed by atoms with Crippen molar-refractivity contribution in [2.75, 3.05) is 18.1 Å². The molecule has 1 saturated carbocycles. The predicted molar refractivity (Wildman–Crippen MR) is 189 cm³/mol. The number of nitrogens with zero attached hydrogens (tertiary/aromatic N) is 4. The second-order valence-corrected chi connectivity index (χ2v) is 15.7. The highest BCUT2D eigenvalue weighted by atomic mass is 32.2. The first-order valence-corrected chi connectivity index (χ1v) is 18.6. The number of hydrogen-bond acceptors (Lipinski definition) is 9. The van der Waals surface area contributed by atoms with Crippen molar-refractivity contribution in [2.45, 2.75) is 101 Å². The van der Waals surface area contributed by atoms with Crippen molar-refractivity contribution in [3.8, 4) is 0 Å². The number of nitrogens with two attached hydrogens (primary N) is 1. The molecule has 50 heavy (non-hydrogen) atoms. The molecule has 2 aliphatic heterocycles. The molecule has 3 aliphatic rings. The van der Waals surface area contributed by atoms with Crippen LogP contribution in [-0.2, 0) is 20.0 Å². The highest BCUT2D eigenvalue weighted by molar-refractivity contribution is 7.99. The smallest absolute Gasteiger partial charge is 0.251 e. The van der Waals surface area contributed by atoms with E-state index in [-0.39, 0.29) is 30.5 Å². The molecule has 3 aromatic rings. The Kier molecular flexibility index (Phi) is 10.5. The van der Waals surface area contributed by atoms with Crippen LogP contribution in [0.2, 0.25) is 0 Å². The Morgan fingerprint density at radius 2 is 1.84 bits per heavy atom. The van der Waals surface area contributed by atoms with Crippen molar-refractivity contribution in [1.82, 2.24) is 30.5 Å². The molecule has 5 atom stereocenters. The molecule has 6 N–H and O–H groups in total. The van der Waals surface area contributed by atoms with Gasteiger partial charge in [-0.1, -0.05) is 67.6 Å². The third-order valence-corrected chi connectivity index (χ3v) is 11.8. The van der Waals surface area contributed by atoms with E-state index in [1.807, 2.05) is 30.3 Å². The molecule has 13 nitrogen and oxygen atoms in total. The van der Waals surface area contributed by atoms with E-state index >= 15 is 0 Å². The summed E-state index contributed by atoms with van der Waals surface area (Å²) in [6, 6.07) is 10.7. The van der Waals surface area contributed by atoms with E-state index in [1.54, 1.807) is 30.7 Å². The Labute approximate surface area is 295 Å². The first-order chi connectivity index (χ1) is 23.9. The number of hydrogen-bond donors (Lipinski definition) is 5. The van der Waals surface area contributed by atoms with Crippen LogP contribution in [0.3, 0.4) is 0 Å². The van der Waals surface area contributed by atoms with Crippen LogP contribution >= 0.6 is 11.8 Å². The monoisotopic (exact) mass is 705 g/mol. The molecular formula is C36H47N7O6S. The lowest BCUT2D eigenvalue weighted by atomic mass is 9.84. The number of nitrogens with one attached hydrogen (secondary N) is 2. The molecule has 0 bridgehead atoms. The number of benzene rings is 2. The number of carbonyl (C=O) groups excluding carboxylic acids is 4. The summed E-state index contributed by atoms with van der Waals surface area (Å²) in [6.45, 7) is 3.29.